The largest absolute Gasteiger partial charge is 0.462 e. The third-order valence-corrected chi connectivity index (χ3v) is 3.05. The van der Waals surface area contributed by atoms with E-state index in [9.17, 15) is 0 Å². The van der Waals surface area contributed by atoms with Gasteiger partial charge in [0.1, 0.15) is 0 Å². The van der Waals surface area contributed by atoms with Crippen molar-refractivity contribution in [3.63, 3.8) is 0 Å². The van der Waals surface area contributed by atoms with Gasteiger partial charge in [-0.3, -0.25) is 0 Å². The number of furan rings is 1. The van der Waals surface area contributed by atoms with Crippen LogP contribution in [0.4, 0.5) is 0 Å². The summed E-state index contributed by atoms with van der Waals surface area (Å²) in [5, 5.41) is 6.21. The molecule has 2 aromatic rings. The molecule has 0 aromatic carbocycles. The number of nitrogens with one attached hydrogen (secondary N) is 1. The van der Waals surface area contributed by atoms with Crippen LogP contribution in [-0.4, -0.2) is 18.6 Å². The van der Waals surface area contributed by atoms with E-state index in [1.807, 2.05) is 19.2 Å². The van der Waals surface area contributed by atoms with Crippen LogP contribution in [-0.2, 0) is 6.42 Å². The topological polar surface area (TPSA) is 38.1 Å². The minimum absolute atomic E-state index is 0.861. The van der Waals surface area contributed by atoms with Gasteiger partial charge in [-0.15, -0.1) is 11.3 Å². The number of rotatable bonds is 5. The van der Waals surface area contributed by atoms with E-state index in [0.29, 0.717) is 0 Å². The van der Waals surface area contributed by atoms with Crippen molar-refractivity contribution in [3.8, 4) is 10.8 Å². The molecule has 0 saturated carbocycles. The highest BCUT2D eigenvalue weighted by molar-refractivity contribution is 7.13. The fraction of sp³-hybridized carbons (Fsp3) is 0.364. The maximum absolute atomic E-state index is 5.29. The second kappa shape index (κ2) is 5.09. The van der Waals surface area contributed by atoms with Crippen molar-refractivity contribution < 1.29 is 4.42 Å². The van der Waals surface area contributed by atoms with Crippen molar-refractivity contribution >= 4 is 11.3 Å². The Balaban J connectivity index is 1.98. The SMILES string of the molecule is CNCCCc1csc(-c2ccco2)n1. The lowest BCUT2D eigenvalue weighted by molar-refractivity contribution is 0.581. The van der Waals surface area contributed by atoms with E-state index in [4.69, 9.17) is 4.42 Å². The van der Waals surface area contributed by atoms with Crippen molar-refractivity contribution in [2.45, 2.75) is 12.8 Å². The fourth-order valence-corrected chi connectivity index (χ4v) is 2.20. The summed E-state index contributed by atoms with van der Waals surface area (Å²) < 4.78 is 5.29. The molecular weight excluding hydrogens is 208 g/mol. The van der Waals surface area contributed by atoms with Crippen molar-refractivity contribution in [1.82, 2.24) is 10.3 Å². The monoisotopic (exact) mass is 222 g/mol. The highest BCUT2D eigenvalue weighted by Gasteiger charge is 2.06. The van der Waals surface area contributed by atoms with E-state index >= 15 is 0 Å². The molecule has 0 amide bonds. The van der Waals surface area contributed by atoms with E-state index in [1.165, 1.54) is 0 Å². The molecule has 0 radical (unpaired) electrons. The number of hydrogen-bond acceptors (Lipinski definition) is 4. The molecular formula is C11H14N2OS. The Morgan fingerprint density at radius 2 is 2.47 bits per heavy atom. The normalized spacial score (nSPS) is 10.7. The molecule has 0 spiro atoms. The van der Waals surface area contributed by atoms with Crippen LogP contribution in [0.5, 0.6) is 0 Å². The van der Waals surface area contributed by atoms with Gasteiger partial charge in [-0.25, -0.2) is 4.98 Å². The lowest BCUT2D eigenvalue weighted by atomic mass is 10.2. The van der Waals surface area contributed by atoms with Crippen LogP contribution in [0.15, 0.2) is 28.2 Å². The van der Waals surface area contributed by atoms with Gasteiger partial charge >= 0.3 is 0 Å². The van der Waals surface area contributed by atoms with Crippen LogP contribution in [0.25, 0.3) is 10.8 Å². The molecule has 0 aliphatic heterocycles. The standard InChI is InChI=1S/C11H14N2OS/c1-12-6-2-4-9-8-15-11(13-9)10-5-3-7-14-10/h3,5,7-8,12H,2,4,6H2,1H3. The molecule has 0 aliphatic carbocycles. The first-order chi connectivity index (χ1) is 7.40. The van der Waals surface area contributed by atoms with E-state index in [1.54, 1.807) is 17.6 Å². The molecule has 0 saturated heterocycles. The Morgan fingerprint density at radius 3 is 3.20 bits per heavy atom. The summed E-state index contributed by atoms with van der Waals surface area (Å²) in [5.74, 6) is 0.861. The second-order valence-electron chi connectivity index (χ2n) is 3.33. The summed E-state index contributed by atoms with van der Waals surface area (Å²) in [6, 6.07) is 3.83. The van der Waals surface area contributed by atoms with Gasteiger partial charge in [-0.1, -0.05) is 0 Å². The quantitative estimate of drug-likeness (QED) is 0.790. The van der Waals surface area contributed by atoms with Crippen LogP contribution in [0.3, 0.4) is 0 Å². The van der Waals surface area contributed by atoms with Gasteiger partial charge < -0.3 is 9.73 Å². The Hall–Kier alpha value is -1.13. The lowest BCUT2D eigenvalue weighted by Gasteiger charge is -1.95. The smallest absolute Gasteiger partial charge is 0.162 e. The summed E-state index contributed by atoms with van der Waals surface area (Å²) in [7, 11) is 1.97. The van der Waals surface area contributed by atoms with Crippen molar-refractivity contribution in [2.75, 3.05) is 13.6 Å². The summed E-state index contributed by atoms with van der Waals surface area (Å²) in [6.45, 7) is 1.04. The van der Waals surface area contributed by atoms with E-state index in [-0.39, 0.29) is 0 Å². The average Bonchev–Trinajstić information content (AvgIpc) is 2.87. The first kappa shape index (κ1) is 10.4. The van der Waals surface area contributed by atoms with Crippen molar-refractivity contribution in [1.29, 1.82) is 0 Å². The maximum atomic E-state index is 5.29. The predicted octanol–water partition coefficient (Wildman–Crippen LogP) is 2.56. The Morgan fingerprint density at radius 1 is 1.53 bits per heavy atom. The first-order valence-corrected chi connectivity index (χ1v) is 5.91. The second-order valence-corrected chi connectivity index (χ2v) is 4.19. The predicted molar refractivity (Wildman–Crippen MR) is 62.1 cm³/mol. The molecule has 0 atom stereocenters. The summed E-state index contributed by atoms with van der Waals surface area (Å²) >= 11 is 1.64. The zero-order valence-corrected chi connectivity index (χ0v) is 9.51. The van der Waals surface area contributed by atoms with Crippen LogP contribution in [0.1, 0.15) is 12.1 Å². The van der Waals surface area contributed by atoms with E-state index < -0.39 is 0 Å². The fourth-order valence-electron chi connectivity index (χ4n) is 1.38. The molecule has 2 rings (SSSR count). The molecule has 4 heteroatoms. The average molecular weight is 222 g/mol. The highest BCUT2D eigenvalue weighted by Crippen LogP contribution is 2.24. The molecule has 3 nitrogen and oxygen atoms in total. The van der Waals surface area contributed by atoms with Crippen molar-refractivity contribution in [2.24, 2.45) is 0 Å². The van der Waals surface area contributed by atoms with Gasteiger partial charge in [0.2, 0.25) is 0 Å². The first-order valence-electron chi connectivity index (χ1n) is 5.03. The number of aryl methyl sites for hydroxylation is 1. The number of aromatic nitrogens is 1. The summed E-state index contributed by atoms with van der Waals surface area (Å²) in [4.78, 5) is 4.52. The van der Waals surface area contributed by atoms with Gasteiger partial charge in [-0.2, -0.15) is 0 Å². The summed E-state index contributed by atoms with van der Waals surface area (Å²) in [5.41, 5.74) is 1.15. The molecule has 0 fully saturated rings. The molecule has 80 valence electrons. The third-order valence-electron chi connectivity index (χ3n) is 2.14. The van der Waals surface area contributed by atoms with Gasteiger partial charge in [0, 0.05) is 5.38 Å². The van der Waals surface area contributed by atoms with E-state index in [2.05, 4.69) is 15.7 Å². The third kappa shape index (κ3) is 2.67. The van der Waals surface area contributed by atoms with E-state index in [0.717, 1.165) is 35.8 Å². The van der Waals surface area contributed by atoms with Gasteiger partial charge in [-0.05, 0) is 38.6 Å². The number of hydrogen-bond donors (Lipinski definition) is 1. The molecule has 1 N–H and O–H groups in total. The maximum Gasteiger partial charge on any atom is 0.162 e. The van der Waals surface area contributed by atoms with Gasteiger partial charge in [0.05, 0.1) is 12.0 Å². The lowest BCUT2D eigenvalue weighted by Crippen LogP contribution is -2.08. The Bertz CT molecular complexity index is 394. The van der Waals surface area contributed by atoms with Crippen LogP contribution in [0.2, 0.25) is 0 Å². The minimum Gasteiger partial charge on any atom is -0.462 e. The number of thiazole rings is 1. The van der Waals surface area contributed by atoms with Crippen LogP contribution in [0, 0.1) is 0 Å². The molecule has 0 aliphatic rings. The Kier molecular flexibility index (Phi) is 3.53. The molecule has 0 bridgehead atoms. The van der Waals surface area contributed by atoms with Crippen LogP contribution < -0.4 is 5.32 Å². The highest BCUT2D eigenvalue weighted by atomic mass is 32.1. The zero-order valence-electron chi connectivity index (χ0n) is 8.69. The molecule has 0 unspecified atom stereocenters. The summed E-state index contributed by atoms with van der Waals surface area (Å²) in [6.07, 6.45) is 3.83. The minimum atomic E-state index is 0.861. The van der Waals surface area contributed by atoms with Gasteiger partial charge in [0.25, 0.3) is 0 Å². The molecule has 15 heavy (non-hydrogen) atoms. The zero-order chi connectivity index (χ0) is 10.5. The molecule has 2 aromatic heterocycles. The van der Waals surface area contributed by atoms with Crippen LogP contribution >= 0.6 is 11.3 Å². The van der Waals surface area contributed by atoms with Gasteiger partial charge in [0.15, 0.2) is 10.8 Å². The number of nitrogens with zero attached hydrogens (tertiary/aromatic N) is 1. The van der Waals surface area contributed by atoms with Crippen molar-refractivity contribution in [3.05, 3.63) is 29.5 Å². The Labute approximate surface area is 93.2 Å². The molecule has 2 heterocycles.